The highest BCUT2D eigenvalue weighted by atomic mass is 16.2. The maximum atomic E-state index is 12.3. The number of likely N-dealkylation sites (N-methyl/N-ethyl adjacent to an activating group) is 1. The van der Waals surface area contributed by atoms with E-state index in [1.165, 1.54) is 0 Å². The van der Waals surface area contributed by atoms with E-state index < -0.39 is 0 Å². The molecule has 7 heteroatoms. The van der Waals surface area contributed by atoms with Crippen LogP contribution < -0.4 is 5.32 Å². The summed E-state index contributed by atoms with van der Waals surface area (Å²) in [5, 5.41) is 3.29. The fourth-order valence-electron chi connectivity index (χ4n) is 2.74. The number of carbonyl (C=O) groups is 2. The summed E-state index contributed by atoms with van der Waals surface area (Å²) in [5.41, 5.74) is 0. The summed E-state index contributed by atoms with van der Waals surface area (Å²) in [6.45, 7) is 7.36. The molecule has 0 saturated carbocycles. The van der Waals surface area contributed by atoms with Gasteiger partial charge < -0.3 is 20.0 Å². The molecule has 0 aromatic heterocycles. The van der Waals surface area contributed by atoms with Crippen molar-refractivity contribution in [2.45, 2.75) is 0 Å². The largest absolute Gasteiger partial charge is 0.338 e. The molecule has 21 heavy (non-hydrogen) atoms. The van der Waals surface area contributed by atoms with Crippen LogP contribution in [0.2, 0.25) is 0 Å². The van der Waals surface area contributed by atoms with E-state index in [1.807, 2.05) is 28.8 Å². The van der Waals surface area contributed by atoms with Gasteiger partial charge in [0.05, 0.1) is 13.1 Å². The topological polar surface area (TPSA) is 59.1 Å². The lowest BCUT2D eigenvalue weighted by Gasteiger charge is -2.36. The molecular formula is C14H27N5O2. The van der Waals surface area contributed by atoms with Gasteiger partial charge in [-0.25, -0.2) is 0 Å². The SMILES string of the molecule is CN(C)CC(=O)N1CCN(C(=O)CN2CCNCC2)CC1. The van der Waals surface area contributed by atoms with Crippen molar-refractivity contribution in [3.63, 3.8) is 0 Å². The lowest BCUT2D eigenvalue weighted by molar-refractivity contribution is -0.140. The van der Waals surface area contributed by atoms with E-state index >= 15 is 0 Å². The molecule has 0 unspecified atom stereocenters. The van der Waals surface area contributed by atoms with E-state index in [0.29, 0.717) is 39.3 Å². The first kappa shape index (κ1) is 16.2. The van der Waals surface area contributed by atoms with Crippen LogP contribution in [0.1, 0.15) is 0 Å². The van der Waals surface area contributed by atoms with Gasteiger partial charge in [0, 0.05) is 52.4 Å². The van der Waals surface area contributed by atoms with Crippen LogP contribution in [0.5, 0.6) is 0 Å². The zero-order valence-corrected chi connectivity index (χ0v) is 13.2. The zero-order chi connectivity index (χ0) is 15.2. The minimum atomic E-state index is 0.147. The summed E-state index contributed by atoms with van der Waals surface area (Å²) in [4.78, 5) is 32.1. The summed E-state index contributed by atoms with van der Waals surface area (Å²) in [6.07, 6.45) is 0. The van der Waals surface area contributed by atoms with Crippen molar-refractivity contribution in [3.8, 4) is 0 Å². The number of rotatable bonds is 4. The monoisotopic (exact) mass is 297 g/mol. The summed E-state index contributed by atoms with van der Waals surface area (Å²) in [5.74, 6) is 0.339. The Kier molecular flexibility index (Phi) is 5.96. The Balaban J connectivity index is 1.72. The number of piperazine rings is 2. The Morgan fingerprint density at radius 2 is 1.43 bits per heavy atom. The van der Waals surface area contributed by atoms with Crippen LogP contribution in [0.25, 0.3) is 0 Å². The molecule has 2 amide bonds. The molecule has 0 aliphatic carbocycles. The number of hydrogen-bond acceptors (Lipinski definition) is 5. The molecule has 2 aliphatic rings. The van der Waals surface area contributed by atoms with E-state index in [9.17, 15) is 9.59 Å². The molecule has 0 aromatic carbocycles. The number of nitrogens with zero attached hydrogens (tertiary/aromatic N) is 4. The molecule has 1 N–H and O–H groups in total. The maximum absolute atomic E-state index is 12.3. The second-order valence-electron chi connectivity index (χ2n) is 6.03. The first-order valence-corrected chi connectivity index (χ1v) is 7.69. The van der Waals surface area contributed by atoms with Gasteiger partial charge in [0.25, 0.3) is 0 Å². The highest BCUT2D eigenvalue weighted by Crippen LogP contribution is 2.04. The standard InChI is InChI=1S/C14H27N5O2/c1-16(2)11-13(20)18-7-9-19(10-8-18)14(21)12-17-5-3-15-4-6-17/h15H,3-12H2,1-2H3. The van der Waals surface area contributed by atoms with Gasteiger partial charge in [-0.15, -0.1) is 0 Å². The number of nitrogens with one attached hydrogen (secondary N) is 1. The molecule has 7 nitrogen and oxygen atoms in total. The third-order valence-corrected chi connectivity index (χ3v) is 4.01. The van der Waals surface area contributed by atoms with Gasteiger partial charge >= 0.3 is 0 Å². The molecular weight excluding hydrogens is 270 g/mol. The third kappa shape index (κ3) is 4.94. The first-order valence-electron chi connectivity index (χ1n) is 7.69. The average Bonchev–Trinajstić information content (AvgIpc) is 2.47. The summed E-state index contributed by atoms with van der Waals surface area (Å²) in [7, 11) is 3.79. The van der Waals surface area contributed by atoms with Crippen LogP contribution in [-0.2, 0) is 9.59 Å². The Bertz CT molecular complexity index is 360. The van der Waals surface area contributed by atoms with Gasteiger partial charge in [-0.2, -0.15) is 0 Å². The van der Waals surface area contributed by atoms with Gasteiger partial charge in [0.15, 0.2) is 0 Å². The molecule has 2 saturated heterocycles. The molecule has 120 valence electrons. The second-order valence-corrected chi connectivity index (χ2v) is 6.03. The maximum Gasteiger partial charge on any atom is 0.236 e. The van der Waals surface area contributed by atoms with Crippen LogP contribution in [0.4, 0.5) is 0 Å². The molecule has 2 heterocycles. The summed E-state index contributed by atoms with van der Waals surface area (Å²) in [6, 6.07) is 0. The quantitative estimate of drug-likeness (QED) is 0.658. The minimum Gasteiger partial charge on any atom is -0.338 e. The van der Waals surface area contributed by atoms with Crippen LogP contribution >= 0.6 is 0 Å². The molecule has 2 rings (SSSR count). The van der Waals surface area contributed by atoms with Gasteiger partial charge in [0.1, 0.15) is 0 Å². The molecule has 0 bridgehead atoms. The summed E-state index contributed by atoms with van der Waals surface area (Å²) < 4.78 is 0. The number of hydrogen-bond donors (Lipinski definition) is 1. The van der Waals surface area contributed by atoms with Crippen molar-refractivity contribution in [2.75, 3.05) is 79.5 Å². The Labute approximate surface area is 126 Å². The van der Waals surface area contributed by atoms with Crippen molar-refractivity contribution in [1.29, 1.82) is 0 Å². The van der Waals surface area contributed by atoms with Crippen LogP contribution in [-0.4, -0.2) is 111 Å². The zero-order valence-electron chi connectivity index (χ0n) is 13.2. The lowest BCUT2D eigenvalue weighted by Crippen LogP contribution is -2.55. The van der Waals surface area contributed by atoms with E-state index in [1.54, 1.807) is 0 Å². The Morgan fingerprint density at radius 3 is 1.95 bits per heavy atom. The van der Waals surface area contributed by atoms with E-state index in [4.69, 9.17) is 0 Å². The van der Waals surface area contributed by atoms with Crippen molar-refractivity contribution in [1.82, 2.24) is 24.9 Å². The molecule has 2 fully saturated rings. The lowest BCUT2D eigenvalue weighted by atomic mass is 10.2. The van der Waals surface area contributed by atoms with Crippen LogP contribution in [0.3, 0.4) is 0 Å². The van der Waals surface area contributed by atoms with Gasteiger partial charge in [-0.1, -0.05) is 0 Å². The van der Waals surface area contributed by atoms with Crippen molar-refractivity contribution in [3.05, 3.63) is 0 Å². The van der Waals surface area contributed by atoms with Gasteiger partial charge in [-0.3, -0.25) is 14.5 Å². The van der Waals surface area contributed by atoms with Crippen molar-refractivity contribution in [2.24, 2.45) is 0 Å². The average molecular weight is 297 g/mol. The predicted octanol–water partition coefficient (Wildman–Crippen LogP) is -1.88. The fraction of sp³-hybridized carbons (Fsp3) is 0.857. The normalized spacial score (nSPS) is 20.9. The fourth-order valence-corrected chi connectivity index (χ4v) is 2.74. The van der Waals surface area contributed by atoms with Crippen LogP contribution in [0, 0.1) is 0 Å². The smallest absolute Gasteiger partial charge is 0.236 e. The third-order valence-electron chi connectivity index (χ3n) is 4.01. The van der Waals surface area contributed by atoms with E-state index in [0.717, 1.165) is 26.2 Å². The van der Waals surface area contributed by atoms with Gasteiger partial charge in [-0.05, 0) is 14.1 Å². The highest BCUT2D eigenvalue weighted by Gasteiger charge is 2.25. The van der Waals surface area contributed by atoms with E-state index in [2.05, 4.69) is 10.2 Å². The molecule has 0 atom stereocenters. The predicted molar refractivity (Wildman–Crippen MR) is 81.0 cm³/mol. The Hall–Kier alpha value is -1.18. The van der Waals surface area contributed by atoms with Crippen LogP contribution in [0.15, 0.2) is 0 Å². The minimum absolute atomic E-state index is 0.147. The van der Waals surface area contributed by atoms with Crippen molar-refractivity contribution < 1.29 is 9.59 Å². The molecule has 0 radical (unpaired) electrons. The number of carbonyl (C=O) groups excluding carboxylic acids is 2. The summed E-state index contributed by atoms with van der Waals surface area (Å²) >= 11 is 0. The first-order chi connectivity index (χ1) is 10.1. The van der Waals surface area contributed by atoms with Gasteiger partial charge in [0.2, 0.25) is 11.8 Å². The number of amides is 2. The molecule has 0 aromatic rings. The highest BCUT2D eigenvalue weighted by molar-refractivity contribution is 5.80. The molecule has 2 aliphatic heterocycles. The second kappa shape index (κ2) is 7.72. The molecule has 0 spiro atoms. The van der Waals surface area contributed by atoms with Crippen molar-refractivity contribution >= 4 is 11.8 Å². The van der Waals surface area contributed by atoms with E-state index in [-0.39, 0.29) is 11.8 Å². The Morgan fingerprint density at radius 1 is 0.905 bits per heavy atom.